The molecule has 1 fully saturated rings. The van der Waals surface area contributed by atoms with Crippen molar-refractivity contribution in [3.63, 3.8) is 0 Å². The van der Waals surface area contributed by atoms with Crippen molar-refractivity contribution in [2.75, 3.05) is 0 Å². The molecule has 1 aromatic rings. The van der Waals surface area contributed by atoms with E-state index in [1.54, 1.807) is 0 Å². The third-order valence-corrected chi connectivity index (χ3v) is 5.49. The van der Waals surface area contributed by atoms with Gasteiger partial charge in [-0.3, -0.25) is 11.3 Å². The summed E-state index contributed by atoms with van der Waals surface area (Å²) in [6.07, 6.45) is 7.65. The topological polar surface area (TPSA) is 38.0 Å². The zero-order chi connectivity index (χ0) is 14.8. The van der Waals surface area contributed by atoms with Crippen LogP contribution in [0.4, 0.5) is 0 Å². The molecule has 0 amide bonds. The quantitative estimate of drug-likeness (QED) is 0.630. The van der Waals surface area contributed by atoms with Crippen molar-refractivity contribution in [3.8, 4) is 0 Å². The van der Waals surface area contributed by atoms with Crippen LogP contribution < -0.4 is 11.3 Å². The number of nitrogens with two attached hydrogens (primary N) is 1. The lowest BCUT2D eigenvalue weighted by Gasteiger charge is -2.37. The predicted molar refractivity (Wildman–Crippen MR) is 86.7 cm³/mol. The number of benzene rings is 1. The average Bonchev–Trinajstić information content (AvgIpc) is 2.88. The number of hydrazine groups is 1. The van der Waals surface area contributed by atoms with Crippen LogP contribution in [0.15, 0.2) is 12.1 Å². The number of hydrogen-bond donors (Lipinski definition) is 2. The fraction of sp³-hybridized carbons (Fsp3) is 0.667. The highest BCUT2D eigenvalue weighted by Crippen LogP contribution is 2.44. The fourth-order valence-corrected chi connectivity index (χ4v) is 4.22. The number of nitrogens with one attached hydrogen (secondary N) is 1. The van der Waals surface area contributed by atoms with E-state index >= 15 is 0 Å². The summed E-state index contributed by atoms with van der Waals surface area (Å²) in [6, 6.07) is 4.99. The summed E-state index contributed by atoms with van der Waals surface area (Å²) >= 11 is 0. The smallest absolute Gasteiger partial charge is 0.0307 e. The van der Waals surface area contributed by atoms with Gasteiger partial charge >= 0.3 is 0 Å². The van der Waals surface area contributed by atoms with Crippen molar-refractivity contribution in [3.05, 3.63) is 34.4 Å². The van der Waals surface area contributed by atoms with Crippen molar-refractivity contribution < 1.29 is 0 Å². The van der Waals surface area contributed by atoms with Gasteiger partial charge in [0, 0.05) is 6.04 Å². The first-order chi connectivity index (χ1) is 9.52. The Hall–Kier alpha value is -0.860. The molecule has 0 heterocycles. The van der Waals surface area contributed by atoms with Gasteiger partial charge in [-0.25, -0.2) is 0 Å². The average molecular weight is 274 g/mol. The lowest BCUT2D eigenvalue weighted by Crippen LogP contribution is -2.48. The molecule has 20 heavy (non-hydrogen) atoms. The number of hydrogen-bond acceptors (Lipinski definition) is 2. The summed E-state index contributed by atoms with van der Waals surface area (Å²) in [4.78, 5) is 0. The lowest BCUT2D eigenvalue weighted by atomic mass is 9.73. The second kappa shape index (κ2) is 6.28. The molecule has 0 aliphatic heterocycles. The molecular weight excluding hydrogens is 244 g/mol. The highest BCUT2D eigenvalue weighted by atomic mass is 15.2. The maximum atomic E-state index is 5.94. The van der Waals surface area contributed by atoms with Gasteiger partial charge in [0.25, 0.3) is 0 Å². The molecule has 3 N–H and O–H groups in total. The van der Waals surface area contributed by atoms with Gasteiger partial charge in [0.05, 0.1) is 0 Å². The minimum absolute atomic E-state index is 0.398. The minimum atomic E-state index is 0.398. The summed E-state index contributed by atoms with van der Waals surface area (Å²) in [5.74, 6) is 5.94. The van der Waals surface area contributed by atoms with Crippen molar-refractivity contribution >= 4 is 0 Å². The Morgan fingerprint density at radius 3 is 2.15 bits per heavy atom. The molecule has 1 aliphatic carbocycles. The second-order valence-corrected chi connectivity index (χ2v) is 6.72. The summed E-state index contributed by atoms with van der Waals surface area (Å²) in [6.45, 7) is 8.96. The zero-order valence-electron chi connectivity index (χ0n) is 13.6. The molecule has 0 bridgehead atoms. The normalized spacial score (nSPS) is 19.2. The van der Waals surface area contributed by atoms with Crippen LogP contribution in [0.25, 0.3) is 0 Å². The highest BCUT2D eigenvalue weighted by molar-refractivity contribution is 5.38. The van der Waals surface area contributed by atoms with Crippen LogP contribution in [0.5, 0.6) is 0 Å². The molecule has 2 heteroatoms. The van der Waals surface area contributed by atoms with Crippen molar-refractivity contribution in [1.29, 1.82) is 0 Å². The van der Waals surface area contributed by atoms with Gasteiger partial charge in [-0.1, -0.05) is 37.5 Å². The van der Waals surface area contributed by atoms with E-state index < -0.39 is 0 Å². The zero-order valence-corrected chi connectivity index (χ0v) is 13.6. The van der Waals surface area contributed by atoms with E-state index in [1.807, 2.05) is 0 Å². The van der Waals surface area contributed by atoms with Crippen LogP contribution in [0.1, 0.15) is 61.3 Å². The Labute approximate surface area is 124 Å². The highest BCUT2D eigenvalue weighted by Gasteiger charge is 2.39. The van der Waals surface area contributed by atoms with Crippen LogP contribution in [0.2, 0.25) is 0 Å². The molecule has 0 radical (unpaired) electrons. The first-order valence-corrected chi connectivity index (χ1v) is 8.05. The first-order valence-electron chi connectivity index (χ1n) is 8.05. The molecular formula is C18H30N2. The van der Waals surface area contributed by atoms with E-state index in [9.17, 15) is 0 Å². The SMILES string of the molecule is CCC1(C(Cc2c(C)cc(C)cc2C)NN)CCCC1. The Morgan fingerprint density at radius 2 is 1.70 bits per heavy atom. The molecule has 1 aliphatic rings. The Balaban J connectivity index is 2.27. The van der Waals surface area contributed by atoms with Gasteiger partial charge in [0.1, 0.15) is 0 Å². The Kier molecular flexibility index (Phi) is 4.87. The maximum absolute atomic E-state index is 5.94. The van der Waals surface area contributed by atoms with E-state index in [4.69, 9.17) is 5.84 Å². The predicted octanol–water partition coefficient (Wildman–Crippen LogP) is 3.96. The van der Waals surface area contributed by atoms with Gasteiger partial charge in [0.15, 0.2) is 0 Å². The lowest BCUT2D eigenvalue weighted by molar-refractivity contribution is 0.185. The van der Waals surface area contributed by atoms with Crippen LogP contribution in [0, 0.1) is 26.2 Å². The molecule has 0 saturated heterocycles. The Morgan fingerprint density at radius 1 is 1.15 bits per heavy atom. The van der Waals surface area contributed by atoms with Crippen LogP contribution >= 0.6 is 0 Å². The molecule has 1 unspecified atom stereocenters. The minimum Gasteiger partial charge on any atom is -0.271 e. The van der Waals surface area contributed by atoms with E-state index in [0.29, 0.717) is 11.5 Å². The van der Waals surface area contributed by atoms with Crippen molar-refractivity contribution in [2.45, 2.75) is 72.3 Å². The molecule has 2 rings (SSSR count). The molecule has 0 spiro atoms. The van der Waals surface area contributed by atoms with Gasteiger partial charge in [-0.2, -0.15) is 0 Å². The molecule has 0 aromatic heterocycles. The fourth-order valence-electron chi connectivity index (χ4n) is 4.22. The van der Waals surface area contributed by atoms with E-state index in [0.717, 1.165) is 6.42 Å². The second-order valence-electron chi connectivity index (χ2n) is 6.72. The molecule has 1 atom stereocenters. The van der Waals surface area contributed by atoms with Crippen molar-refractivity contribution in [1.82, 2.24) is 5.43 Å². The van der Waals surface area contributed by atoms with Crippen LogP contribution in [-0.2, 0) is 6.42 Å². The van der Waals surface area contributed by atoms with Crippen LogP contribution in [0.3, 0.4) is 0 Å². The maximum Gasteiger partial charge on any atom is 0.0307 e. The molecule has 112 valence electrons. The number of rotatable bonds is 5. The first kappa shape index (κ1) is 15.5. The summed E-state index contributed by atoms with van der Waals surface area (Å²) in [5, 5.41) is 0. The van der Waals surface area contributed by atoms with Crippen LogP contribution in [-0.4, -0.2) is 6.04 Å². The van der Waals surface area contributed by atoms with Gasteiger partial charge in [0.2, 0.25) is 0 Å². The summed E-state index contributed by atoms with van der Waals surface area (Å²) in [7, 11) is 0. The molecule has 2 nitrogen and oxygen atoms in total. The largest absolute Gasteiger partial charge is 0.271 e. The summed E-state index contributed by atoms with van der Waals surface area (Å²) < 4.78 is 0. The van der Waals surface area contributed by atoms with E-state index in [2.05, 4.69) is 45.3 Å². The van der Waals surface area contributed by atoms with E-state index in [1.165, 1.54) is 54.4 Å². The number of aryl methyl sites for hydroxylation is 3. The third-order valence-electron chi connectivity index (χ3n) is 5.49. The van der Waals surface area contributed by atoms with E-state index in [-0.39, 0.29) is 0 Å². The third kappa shape index (κ3) is 2.91. The monoisotopic (exact) mass is 274 g/mol. The van der Waals surface area contributed by atoms with Gasteiger partial charge < -0.3 is 0 Å². The molecule has 1 aromatic carbocycles. The van der Waals surface area contributed by atoms with Crippen molar-refractivity contribution in [2.24, 2.45) is 11.3 Å². The molecule has 1 saturated carbocycles. The Bertz CT molecular complexity index is 435. The summed E-state index contributed by atoms with van der Waals surface area (Å²) in [5.41, 5.74) is 9.21. The van der Waals surface area contributed by atoms with Gasteiger partial charge in [-0.15, -0.1) is 0 Å². The standard InChI is InChI=1S/C18H30N2/c1-5-18(8-6-7-9-18)17(20-19)12-16-14(3)10-13(2)11-15(16)4/h10-11,17,20H,5-9,12,19H2,1-4H3. The van der Waals surface area contributed by atoms with Gasteiger partial charge in [-0.05, 0) is 68.6 Å².